The lowest BCUT2D eigenvalue weighted by Crippen LogP contribution is -2.42. The molecule has 1 aliphatic rings. The predicted molar refractivity (Wildman–Crippen MR) is 60.6 cm³/mol. The van der Waals surface area contributed by atoms with E-state index in [1.54, 1.807) is 19.1 Å². The predicted octanol–water partition coefficient (Wildman–Crippen LogP) is 1.84. The maximum atomic E-state index is 11.4. The first-order valence-corrected chi connectivity index (χ1v) is 5.92. The molecule has 0 aliphatic carbocycles. The molecule has 2 atom stereocenters. The molecule has 0 bridgehead atoms. The van der Waals surface area contributed by atoms with Crippen molar-refractivity contribution in [2.45, 2.75) is 18.9 Å². The average Bonchev–Trinajstić information content (AvgIpc) is 2.71. The van der Waals surface area contributed by atoms with Crippen molar-refractivity contribution in [2.24, 2.45) is 5.92 Å². The molecule has 1 saturated heterocycles. The fraction of sp³-hybridized carbons (Fsp3) is 0.400. The third kappa shape index (κ3) is 1.70. The van der Waals surface area contributed by atoms with Crippen molar-refractivity contribution in [3.63, 3.8) is 0 Å². The third-order valence-electron chi connectivity index (χ3n) is 2.87. The van der Waals surface area contributed by atoms with Gasteiger partial charge in [0, 0.05) is 11.3 Å². The molecule has 4 nitrogen and oxygen atoms in total. The van der Waals surface area contributed by atoms with Crippen LogP contribution in [-0.2, 0) is 15.1 Å². The van der Waals surface area contributed by atoms with Crippen LogP contribution in [0.4, 0.5) is 0 Å². The smallest absolute Gasteiger partial charge is 0.309 e. The lowest BCUT2D eigenvalue weighted by atomic mass is 9.86. The molecule has 1 fully saturated rings. The van der Waals surface area contributed by atoms with Crippen molar-refractivity contribution >= 4 is 34.8 Å². The molecule has 1 aliphatic heterocycles. The Kier molecular flexibility index (Phi) is 2.67. The Morgan fingerprint density at radius 3 is 2.88 bits per heavy atom. The minimum atomic E-state index is -0.967. The summed E-state index contributed by atoms with van der Waals surface area (Å²) in [5, 5.41) is 11.8. The van der Waals surface area contributed by atoms with E-state index in [0.717, 1.165) is 4.88 Å². The molecule has 1 amide bonds. The van der Waals surface area contributed by atoms with Crippen LogP contribution in [0.15, 0.2) is 12.1 Å². The number of hydrogen-bond donors (Lipinski definition) is 2. The molecule has 2 rings (SSSR count). The highest BCUT2D eigenvalue weighted by atomic mass is 35.5. The minimum absolute atomic E-state index is 0.0152. The van der Waals surface area contributed by atoms with Crippen LogP contribution in [0.5, 0.6) is 0 Å². The van der Waals surface area contributed by atoms with Gasteiger partial charge in [-0.05, 0) is 19.1 Å². The summed E-state index contributed by atoms with van der Waals surface area (Å²) in [5.41, 5.74) is -0.847. The summed E-state index contributed by atoms with van der Waals surface area (Å²) < 4.78 is 0.585. The Balaban J connectivity index is 2.42. The molecule has 6 heteroatoms. The van der Waals surface area contributed by atoms with Crippen LogP contribution in [0.1, 0.15) is 18.2 Å². The summed E-state index contributed by atoms with van der Waals surface area (Å²) in [5.74, 6) is -1.94. The van der Waals surface area contributed by atoms with Crippen molar-refractivity contribution < 1.29 is 14.7 Å². The first-order chi connectivity index (χ1) is 7.43. The highest BCUT2D eigenvalue weighted by Crippen LogP contribution is 2.41. The summed E-state index contributed by atoms with van der Waals surface area (Å²) >= 11 is 7.12. The zero-order chi connectivity index (χ0) is 11.9. The van der Waals surface area contributed by atoms with Crippen LogP contribution in [0.3, 0.4) is 0 Å². The second-order valence-corrected chi connectivity index (χ2v) is 5.66. The molecule has 1 unspecified atom stereocenters. The summed E-state index contributed by atoms with van der Waals surface area (Å²) in [4.78, 5) is 23.2. The number of rotatable bonds is 2. The molecule has 1 aromatic heterocycles. The van der Waals surface area contributed by atoms with E-state index in [0.29, 0.717) is 4.34 Å². The van der Waals surface area contributed by atoms with Gasteiger partial charge in [0.15, 0.2) is 0 Å². The molecule has 0 aromatic carbocycles. The van der Waals surface area contributed by atoms with Crippen molar-refractivity contribution in [3.8, 4) is 0 Å². The third-order valence-corrected chi connectivity index (χ3v) is 4.34. The van der Waals surface area contributed by atoms with Crippen LogP contribution in [0, 0.1) is 5.92 Å². The summed E-state index contributed by atoms with van der Waals surface area (Å²) in [6, 6.07) is 3.46. The quantitative estimate of drug-likeness (QED) is 0.852. The van der Waals surface area contributed by atoms with Crippen LogP contribution >= 0.6 is 22.9 Å². The number of thiophene rings is 1. The van der Waals surface area contributed by atoms with Gasteiger partial charge in [-0.3, -0.25) is 9.59 Å². The fourth-order valence-electron chi connectivity index (χ4n) is 1.98. The Labute approximate surface area is 101 Å². The number of carbonyl (C=O) groups excluding carboxylic acids is 1. The first-order valence-electron chi connectivity index (χ1n) is 4.73. The SMILES string of the molecule is C[C@]1(c2ccc(Cl)s2)NC(=O)CC1C(=O)O. The topological polar surface area (TPSA) is 66.4 Å². The Morgan fingerprint density at radius 1 is 1.69 bits per heavy atom. The number of nitrogens with one attached hydrogen (secondary N) is 1. The highest BCUT2D eigenvalue weighted by molar-refractivity contribution is 7.16. The van der Waals surface area contributed by atoms with Crippen molar-refractivity contribution in [1.29, 1.82) is 0 Å². The number of carbonyl (C=O) groups is 2. The van der Waals surface area contributed by atoms with Gasteiger partial charge in [-0.15, -0.1) is 11.3 Å². The normalized spacial score (nSPS) is 29.1. The van der Waals surface area contributed by atoms with E-state index < -0.39 is 17.4 Å². The Bertz CT molecular complexity index is 459. The number of hydrogen-bond acceptors (Lipinski definition) is 3. The van der Waals surface area contributed by atoms with Crippen LogP contribution in [0.25, 0.3) is 0 Å². The van der Waals surface area contributed by atoms with Gasteiger partial charge in [-0.25, -0.2) is 0 Å². The Morgan fingerprint density at radius 2 is 2.38 bits per heavy atom. The average molecular weight is 260 g/mol. The molecule has 0 radical (unpaired) electrons. The maximum Gasteiger partial charge on any atom is 0.309 e. The first kappa shape index (κ1) is 11.4. The van der Waals surface area contributed by atoms with Gasteiger partial charge in [-0.1, -0.05) is 11.6 Å². The van der Waals surface area contributed by atoms with E-state index in [1.165, 1.54) is 11.3 Å². The minimum Gasteiger partial charge on any atom is -0.481 e. The van der Waals surface area contributed by atoms with Gasteiger partial charge < -0.3 is 10.4 Å². The van der Waals surface area contributed by atoms with E-state index in [-0.39, 0.29) is 12.3 Å². The van der Waals surface area contributed by atoms with E-state index in [9.17, 15) is 9.59 Å². The van der Waals surface area contributed by atoms with Crippen molar-refractivity contribution in [1.82, 2.24) is 5.32 Å². The van der Waals surface area contributed by atoms with Gasteiger partial charge in [0.05, 0.1) is 15.8 Å². The number of halogens is 1. The molecule has 86 valence electrons. The van der Waals surface area contributed by atoms with Gasteiger partial charge in [0.2, 0.25) is 5.91 Å². The van der Waals surface area contributed by atoms with E-state index in [2.05, 4.69) is 5.32 Å². The number of carboxylic acid groups (broad SMARTS) is 1. The largest absolute Gasteiger partial charge is 0.481 e. The Hall–Kier alpha value is -1.07. The zero-order valence-corrected chi connectivity index (χ0v) is 10.1. The molecule has 1 aromatic rings. The molecular weight excluding hydrogens is 250 g/mol. The fourth-order valence-corrected chi connectivity index (χ4v) is 3.18. The number of carboxylic acids is 1. The maximum absolute atomic E-state index is 11.4. The van der Waals surface area contributed by atoms with Gasteiger partial charge in [0.25, 0.3) is 0 Å². The molecule has 0 saturated carbocycles. The second kappa shape index (κ2) is 3.75. The lowest BCUT2D eigenvalue weighted by molar-refractivity contribution is -0.143. The second-order valence-electron chi connectivity index (χ2n) is 3.95. The molecule has 2 heterocycles. The monoisotopic (exact) mass is 259 g/mol. The van der Waals surface area contributed by atoms with Gasteiger partial charge >= 0.3 is 5.97 Å². The summed E-state index contributed by atoms with van der Waals surface area (Å²) in [6.45, 7) is 1.72. The van der Waals surface area contributed by atoms with Crippen LogP contribution in [-0.4, -0.2) is 17.0 Å². The molecule has 16 heavy (non-hydrogen) atoms. The summed E-state index contributed by atoms with van der Waals surface area (Å²) in [6.07, 6.45) is 0.0152. The van der Waals surface area contributed by atoms with E-state index >= 15 is 0 Å². The highest BCUT2D eigenvalue weighted by Gasteiger charge is 2.49. The van der Waals surface area contributed by atoms with Crippen molar-refractivity contribution in [3.05, 3.63) is 21.3 Å². The van der Waals surface area contributed by atoms with Gasteiger partial charge in [0.1, 0.15) is 0 Å². The van der Waals surface area contributed by atoms with Crippen LogP contribution in [0.2, 0.25) is 4.34 Å². The molecular formula is C10H10ClNO3S. The van der Waals surface area contributed by atoms with Crippen LogP contribution < -0.4 is 5.32 Å². The standard InChI is InChI=1S/C10H10ClNO3S/c1-10(6-2-3-7(11)16-6)5(9(14)15)4-8(13)12-10/h2-3,5H,4H2,1H3,(H,12,13)(H,14,15)/t5?,10-/m0/s1. The lowest BCUT2D eigenvalue weighted by Gasteiger charge is -2.27. The number of amides is 1. The van der Waals surface area contributed by atoms with Crippen molar-refractivity contribution in [2.75, 3.05) is 0 Å². The van der Waals surface area contributed by atoms with E-state index in [4.69, 9.17) is 16.7 Å². The molecule has 0 spiro atoms. The zero-order valence-electron chi connectivity index (χ0n) is 8.49. The summed E-state index contributed by atoms with van der Waals surface area (Å²) in [7, 11) is 0. The van der Waals surface area contributed by atoms with E-state index in [1.807, 2.05) is 0 Å². The molecule has 2 N–H and O–H groups in total. The van der Waals surface area contributed by atoms with Gasteiger partial charge in [-0.2, -0.15) is 0 Å². The number of aliphatic carboxylic acids is 1.